The van der Waals surface area contributed by atoms with E-state index >= 15 is 0 Å². The first-order valence-corrected chi connectivity index (χ1v) is 14.3. The molecule has 1 saturated heterocycles. The Morgan fingerprint density at radius 1 is 1.02 bits per heavy atom. The highest BCUT2D eigenvalue weighted by molar-refractivity contribution is 6.04. The zero-order chi connectivity index (χ0) is 31.7. The summed E-state index contributed by atoms with van der Waals surface area (Å²) in [6, 6.07) is 16.0. The number of anilines is 2. The van der Waals surface area contributed by atoms with Crippen molar-refractivity contribution in [2.75, 3.05) is 44.3 Å². The van der Waals surface area contributed by atoms with E-state index in [-0.39, 0.29) is 17.7 Å². The topological polar surface area (TPSA) is 125 Å². The van der Waals surface area contributed by atoms with Crippen LogP contribution in [0.25, 0.3) is 22.3 Å². The molecule has 4 N–H and O–H groups in total. The number of aromatic amines is 1. The number of amides is 1. The molecule has 0 unspecified atom stereocenters. The molecular weight excluding hydrogens is 585 g/mol. The Morgan fingerprint density at radius 3 is 2.51 bits per heavy atom. The number of aromatic nitrogens is 4. The Morgan fingerprint density at radius 2 is 1.78 bits per heavy atom. The van der Waals surface area contributed by atoms with Gasteiger partial charge >= 0.3 is 6.18 Å². The van der Waals surface area contributed by atoms with Gasteiger partial charge in [0.05, 0.1) is 10.9 Å². The lowest BCUT2D eigenvalue weighted by Crippen LogP contribution is -2.44. The van der Waals surface area contributed by atoms with Gasteiger partial charge in [-0.2, -0.15) is 18.3 Å². The minimum atomic E-state index is -4.59. The number of nitrogens with two attached hydrogens (primary N) is 1. The van der Waals surface area contributed by atoms with Crippen LogP contribution in [-0.4, -0.2) is 69.1 Å². The Kier molecular flexibility index (Phi) is 8.12. The molecule has 0 spiro atoms. The van der Waals surface area contributed by atoms with Gasteiger partial charge in [-0.3, -0.25) is 14.8 Å². The van der Waals surface area contributed by atoms with Gasteiger partial charge < -0.3 is 20.7 Å². The SMILES string of the molecule is Cc1ccc(NC(=O)c2ccc(CN3CCN(C)CC3)c(C(F)(F)F)c2)cc1Oc1ccc(-c2n[nH]c3ncnc(N)c23)cc1. The van der Waals surface area contributed by atoms with Gasteiger partial charge in [0.25, 0.3) is 5.91 Å². The first-order valence-electron chi connectivity index (χ1n) is 14.3. The van der Waals surface area contributed by atoms with E-state index < -0.39 is 17.6 Å². The third-order valence-corrected chi connectivity index (χ3v) is 7.86. The number of likely N-dealkylation sites (N-methyl/N-ethyl adjacent to an activating group) is 1. The van der Waals surface area contributed by atoms with Crippen LogP contribution in [0.2, 0.25) is 0 Å². The molecule has 1 aliphatic heterocycles. The van der Waals surface area contributed by atoms with E-state index in [1.165, 1.54) is 18.5 Å². The van der Waals surface area contributed by atoms with Gasteiger partial charge in [-0.25, -0.2) is 9.97 Å². The van der Waals surface area contributed by atoms with E-state index in [4.69, 9.17) is 10.5 Å². The lowest BCUT2D eigenvalue weighted by Gasteiger charge is -2.33. The number of fused-ring (bicyclic) bond motifs is 1. The number of alkyl halides is 3. The number of ether oxygens (including phenoxy) is 1. The van der Waals surface area contributed by atoms with Crippen molar-refractivity contribution in [1.29, 1.82) is 0 Å². The van der Waals surface area contributed by atoms with Crippen molar-refractivity contribution >= 4 is 28.4 Å². The lowest BCUT2D eigenvalue weighted by molar-refractivity contribution is -0.138. The summed E-state index contributed by atoms with van der Waals surface area (Å²) in [5, 5.41) is 10.5. The predicted molar refractivity (Wildman–Crippen MR) is 165 cm³/mol. The molecule has 2 aromatic heterocycles. The average Bonchev–Trinajstić information content (AvgIpc) is 3.46. The molecule has 5 aromatic rings. The van der Waals surface area contributed by atoms with Crippen molar-refractivity contribution in [3.8, 4) is 22.8 Å². The zero-order valence-electron chi connectivity index (χ0n) is 24.7. The molecule has 232 valence electrons. The molecular formula is C32H31F3N8O2. The normalized spacial score (nSPS) is 14.5. The Labute approximate surface area is 257 Å². The number of hydrogen-bond donors (Lipinski definition) is 3. The number of halogens is 3. The summed E-state index contributed by atoms with van der Waals surface area (Å²) >= 11 is 0. The number of carbonyl (C=O) groups is 1. The van der Waals surface area contributed by atoms with Gasteiger partial charge in [0.1, 0.15) is 29.3 Å². The smallest absolute Gasteiger partial charge is 0.416 e. The molecule has 0 radical (unpaired) electrons. The predicted octanol–water partition coefficient (Wildman–Crippen LogP) is 5.72. The number of aryl methyl sites for hydroxylation is 1. The summed E-state index contributed by atoms with van der Waals surface area (Å²) < 4.78 is 48.2. The number of rotatable bonds is 7. The number of hydrogen-bond acceptors (Lipinski definition) is 8. The highest BCUT2D eigenvalue weighted by Crippen LogP contribution is 2.35. The van der Waals surface area contributed by atoms with Gasteiger partial charge in [0.15, 0.2) is 5.65 Å². The molecule has 0 aliphatic carbocycles. The summed E-state index contributed by atoms with van der Waals surface area (Å²) in [5.41, 5.74) is 8.39. The maximum Gasteiger partial charge on any atom is 0.416 e. The standard InChI is InChI=1S/C32H31F3N8O2/c1-19-3-8-23(16-26(19)45-24-9-6-20(7-10-24)28-27-29(36)37-18-38-30(27)41-40-28)39-31(44)21-4-5-22(25(15-21)32(33,34)35)17-43-13-11-42(2)12-14-43/h3-10,15-16,18H,11-14,17H2,1-2H3,(H,39,44)(H3,36,37,38,40,41). The molecule has 0 atom stereocenters. The van der Waals surface area contributed by atoms with Crippen LogP contribution < -0.4 is 15.8 Å². The van der Waals surface area contributed by atoms with Crippen LogP contribution in [0, 0.1) is 6.92 Å². The van der Waals surface area contributed by atoms with E-state index in [2.05, 4.69) is 30.4 Å². The number of nitrogens with zero attached hydrogens (tertiary/aromatic N) is 5. The Hall–Kier alpha value is -5.01. The summed E-state index contributed by atoms with van der Waals surface area (Å²) in [4.78, 5) is 25.4. The molecule has 3 aromatic carbocycles. The lowest BCUT2D eigenvalue weighted by atomic mass is 10.0. The summed E-state index contributed by atoms with van der Waals surface area (Å²) in [7, 11) is 1.99. The number of H-pyrrole nitrogens is 1. The first kappa shape index (κ1) is 30.0. The van der Waals surface area contributed by atoms with Gasteiger partial charge in [-0.1, -0.05) is 12.1 Å². The van der Waals surface area contributed by atoms with Crippen molar-refractivity contribution in [2.45, 2.75) is 19.6 Å². The molecule has 0 saturated carbocycles. The minimum absolute atomic E-state index is 0.0833. The Bertz CT molecular complexity index is 1850. The second-order valence-corrected chi connectivity index (χ2v) is 11.1. The molecule has 1 aliphatic rings. The van der Waals surface area contributed by atoms with E-state index in [1.807, 2.05) is 31.0 Å². The molecule has 0 bridgehead atoms. The fourth-order valence-electron chi connectivity index (χ4n) is 5.26. The zero-order valence-corrected chi connectivity index (χ0v) is 24.7. The van der Waals surface area contributed by atoms with Gasteiger partial charge in [0.2, 0.25) is 0 Å². The number of carbonyl (C=O) groups excluding carboxylic acids is 1. The van der Waals surface area contributed by atoms with Crippen LogP contribution in [0.4, 0.5) is 24.7 Å². The highest BCUT2D eigenvalue weighted by atomic mass is 19.4. The molecule has 13 heteroatoms. The van der Waals surface area contributed by atoms with Crippen molar-refractivity contribution in [3.63, 3.8) is 0 Å². The summed E-state index contributed by atoms with van der Waals surface area (Å²) in [5.74, 6) is 0.664. The van der Waals surface area contributed by atoms with Crippen LogP contribution in [0.5, 0.6) is 11.5 Å². The fraction of sp³-hybridized carbons (Fsp3) is 0.250. The van der Waals surface area contributed by atoms with E-state index in [9.17, 15) is 18.0 Å². The molecule has 3 heterocycles. The van der Waals surface area contributed by atoms with Gasteiger partial charge in [-0.05, 0) is 67.6 Å². The molecule has 45 heavy (non-hydrogen) atoms. The van der Waals surface area contributed by atoms with E-state index in [1.54, 1.807) is 30.3 Å². The number of benzene rings is 3. The van der Waals surface area contributed by atoms with Crippen LogP contribution in [-0.2, 0) is 12.7 Å². The second kappa shape index (κ2) is 12.2. The number of nitrogen functional groups attached to an aromatic ring is 1. The van der Waals surface area contributed by atoms with Crippen LogP contribution >= 0.6 is 0 Å². The third-order valence-electron chi connectivity index (χ3n) is 7.86. The van der Waals surface area contributed by atoms with Gasteiger partial charge in [0, 0.05) is 55.6 Å². The molecule has 1 amide bonds. The molecule has 6 rings (SSSR count). The summed E-state index contributed by atoms with van der Waals surface area (Å²) in [6.07, 6.45) is -3.23. The second-order valence-electron chi connectivity index (χ2n) is 11.1. The van der Waals surface area contributed by atoms with E-state index in [0.29, 0.717) is 52.8 Å². The maximum atomic E-state index is 14.0. The van der Waals surface area contributed by atoms with Crippen LogP contribution in [0.1, 0.15) is 27.0 Å². The van der Waals surface area contributed by atoms with Gasteiger partial charge in [-0.15, -0.1) is 0 Å². The van der Waals surface area contributed by atoms with Crippen LogP contribution in [0.3, 0.4) is 0 Å². The number of nitrogens with one attached hydrogen (secondary N) is 2. The van der Waals surface area contributed by atoms with Crippen LogP contribution in [0.15, 0.2) is 67.0 Å². The van der Waals surface area contributed by atoms with Crippen molar-refractivity contribution in [1.82, 2.24) is 30.0 Å². The molecule has 1 fully saturated rings. The van der Waals surface area contributed by atoms with E-state index in [0.717, 1.165) is 30.3 Å². The molecule has 10 nitrogen and oxygen atoms in total. The van der Waals surface area contributed by atoms with Crippen molar-refractivity contribution in [3.05, 3.63) is 89.2 Å². The minimum Gasteiger partial charge on any atom is -0.457 e. The Balaban J connectivity index is 1.17. The monoisotopic (exact) mass is 616 g/mol. The van der Waals surface area contributed by atoms with Crippen molar-refractivity contribution in [2.24, 2.45) is 0 Å². The maximum absolute atomic E-state index is 14.0. The average molecular weight is 617 g/mol. The summed E-state index contributed by atoms with van der Waals surface area (Å²) in [6.45, 7) is 4.98. The third kappa shape index (κ3) is 6.59. The fourth-order valence-corrected chi connectivity index (χ4v) is 5.26. The highest BCUT2D eigenvalue weighted by Gasteiger charge is 2.34. The largest absolute Gasteiger partial charge is 0.457 e. The van der Waals surface area contributed by atoms with Crippen molar-refractivity contribution < 1.29 is 22.7 Å². The number of piperazine rings is 1. The first-order chi connectivity index (χ1) is 21.5. The quantitative estimate of drug-likeness (QED) is 0.212.